The zero-order valence-corrected chi connectivity index (χ0v) is 67.1. The molecular weight excluding hydrogens is 1380 g/mol. The van der Waals surface area contributed by atoms with Crippen LogP contribution in [0, 0.1) is 34.6 Å². The molecule has 20 aromatic rings. The quantitative estimate of drug-likeness (QED) is 0.156. The summed E-state index contributed by atoms with van der Waals surface area (Å²) in [6.45, 7) is 19.8. The van der Waals surface area contributed by atoms with Gasteiger partial charge in [-0.2, -0.15) is 0 Å². The molecule has 1 aliphatic rings. The summed E-state index contributed by atoms with van der Waals surface area (Å²) in [5, 5.41) is 19.5. The standard InChI is InChI=1S/C29H28NO.C27H26NO.C25H22NO.C24H20NO/c1-19-12-14-24-28-23-11-7-6-10-21(23)13-15-26(28)31-29(24)27(19)25-18-22(16-17-30(25)2)20-8-4-3-5-9-20;1-17-10-12-21-25-20-9-7-6-8-18(20)11-13-23(25)29-26(21)24(17)22-16-19(27(2,3)4)14-15-28(22)5;1-4-17-10-13-21(26(3)15-17)23-16(2)9-12-20-24-19-8-6-5-7-18(19)11-14-22(24)27-25(20)23;1-15-8-12-20(25(3)14-15)22-16(2)9-11-19-23-18-7-5-4-6-17(18)10-13-21(23)26-24(19)22/h6-7,10-18,20H,3-5,8-9H2,1-2H3;6-16H,1-5H3;5-15H,4H2,1-3H3;4-14H,1-3H3/q4*+1. The normalized spacial score (nSPS) is 12.8. The Kier molecular flexibility index (Phi) is 18.5. The van der Waals surface area contributed by atoms with Crippen molar-refractivity contribution in [1.82, 2.24) is 0 Å². The minimum atomic E-state index is 0.0922. The number of benzene rings is 12. The van der Waals surface area contributed by atoms with Crippen LogP contribution in [-0.4, -0.2) is 0 Å². The molecule has 0 unspecified atom stereocenters. The van der Waals surface area contributed by atoms with Crippen LogP contribution in [0.25, 0.3) is 176 Å². The van der Waals surface area contributed by atoms with E-state index in [4.69, 9.17) is 17.7 Å². The van der Waals surface area contributed by atoms with Crippen LogP contribution in [0.4, 0.5) is 0 Å². The van der Waals surface area contributed by atoms with Crippen molar-refractivity contribution in [3.8, 4) is 45.0 Å². The third-order valence-electron chi connectivity index (χ3n) is 24.1. The third-order valence-corrected chi connectivity index (χ3v) is 24.1. The summed E-state index contributed by atoms with van der Waals surface area (Å²) < 4.78 is 34.7. The second kappa shape index (κ2) is 29.0. The minimum absolute atomic E-state index is 0.0922. The highest BCUT2D eigenvalue weighted by Crippen LogP contribution is 2.46. The van der Waals surface area contributed by atoms with Crippen LogP contribution >= 0.6 is 0 Å². The zero-order valence-electron chi connectivity index (χ0n) is 67.1. The monoisotopic (exact) mass is 1480 g/mol. The van der Waals surface area contributed by atoms with E-state index >= 15 is 0 Å². The van der Waals surface area contributed by atoms with Crippen LogP contribution in [0.3, 0.4) is 0 Å². The van der Waals surface area contributed by atoms with Crippen LogP contribution in [0.15, 0.2) is 285 Å². The first-order chi connectivity index (χ1) is 54.8. The topological polar surface area (TPSA) is 68.1 Å². The van der Waals surface area contributed by atoms with Gasteiger partial charge in [-0.25, -0.2) is 18.3 Å². The maximum absolute atomic E-state index is 6.55. The van der Waals surface area contributed by atoms with Crippen LogP contribution < -0.4 is 18.3 Å². The number of rotatable bonds is 6. The Morgan fingerprint density at radius 3 is 1.05 bits per heavy atom. The van der Waals surface area contributed by atoms with Crippen molar-refractivity contribution in [2.45, 2.75) is 112 Å². The average molecular weight is 1480 g/mol. The molecule has 21 rings (SSSR count). The van der Waals surface area contributed by atoms with Crippen molar-refractivity contribution in [2.75, 3.05) is 0 Å². The Balaban J connectivity index is 0.000000105. The van der Waals surface area contributed by atoms with Crippen molar-refractivity contribution in [2.24, 2.45) is 28.2 Å². The van der Waals surface area contributed by atoms with Gasteiger partial charge >= 0.3 is 0 Å². The molecular formula is C105H96N4O4+4. The molecule has 1 saturated carbocycles. The highest BCUT2D eigenvalue weighted by molar-refractivity contribution is 6.24. The van der Waals surface area contributed by atoms with Gasteiger partial charge in [0.25, 0.3) is 0 Å². The van der Waals surface area contributed by atoms with Crippen molar-refractivity contribution in [3.63, 3.8) is 0 Å². The van der Waals surface area contributed by atoms with Gasteiger partial charge in [-0.15, -0.1) is 0 Å². The van der Waals surface area contributed by atoms with Gasteiger partial charge in [0.15, 0.2) is 24.8 Å². The van der Waals surface area contributed by atoms with Gasteiger partial charge < -0.3 is 17.7 Å². The van der Waals surface area contributed by atoms with Gasteiger partial charge in [0.2, 0.25) is 22.8 Å². The lowest BCUT2D eigenvalue weighted by atomic mass is 9.84. The fraction of sp³-hybridized carbons (Fsp3) is 0.200. The van der Waals surface area contributed by atoms with Crippen molar-refractivity contribution in [1.29, 1.82) is 0 Å². The summed E-state index contributed by atoms with van der Waals surface area (Å²) in [5.41, 5.74) is 27.6. The Bertz CT molecular complexity index is 7190. The number of hydrogen-bond acceptors (Lipinski definition) is 4. The molecule has 0 amide bonds. The first kappa shape index (κ1) is 72.0. The molecule has 0 bridgehead atoms. The van der Waals surface area contributed by atoms with E-state index in [2.05, 4.69) is 376 Å². The molecule has 0 N–H and O–H groups in total. The number of hydrogen-bond donors (Lipinski definition) is 0. The molecule has 8 nitrogen and oxygen atoms in total. The van der Waals surface area contributed by atoms with Crippen molar-refractivity contribution < 1.29 is 35.9 Å². The van der Waals surface area contributed by atoms with Gasteiger partial charge in [-0.05, 0) is 178 Å². The van der Waals surface area contributed by atoms with Crippen LogP contribution in [-0.2, 0) is 40.0 Å². The number of nitrogens with zero attached hydrogens (tertiary/aromatic N) is 4. The van der Waals surface area contributed by atoms with E-state index in [1.165, 1.54) is 208 Å². The molecule has 0 atom stereocenters. The summed E-state index contributed by atoms with van der Waals surface area (Å²) in [5.74, 6) is 0.688. The third kappa shape index (κ3) is 12.8. The predicted molar refractivity (Wildman–Crippen MR) is 469 cm³/mol. The number of aryl methyl sites for hydroxylation is 10. The molecule has 12 aromatic carbocycles. The fourth-order valence-corrected chi connectivity index (χ4v) is 18.1. The highest BCUT2D eigenvalue weighted by Gasteiger charge is 2.29. The van der Waals surface area contributed by atoms with Gasteiger partial charge in [0, 0.05) is 90.6 Å². The van der Waals surface area contributed by atoms with E-state index in [9.17, 15) is 0 Å². The SMILES string of the molecule is CCc1ccc(-c2c(C)ccc3c2oc2ccc4ccccc4c23)[n+](C)c1.Cc1ccc(-c2c(C)ccc3c2oc2ccc4ccccc4c23)[n+](C)c1.Cc1ccc2c(oc3ccc4ccccc4c32)c1-c1cc(C(C)(C)C)cc[n+]1C.Cc1ccc2c(oc3ccc4ccccc4c32)c1-c1cc(C2CCCCC2)cc[n+]1C. The lowest BCUT2D eigenvalue weighted by molar-refractivity contribution is -0.660. The molecule has 113 heavy (non-hydrogen) atoms. The van der Waals surface area contributed by atoms with Gasteiger partial charge in [0.05, 0.1) is 22.3 Å². The molecule has 556 valence electrons. The Hall–Kier alpha value is -12.5. The lowest BCUT2D eigenvalue weighted by Crippen LogP contribution is -2.32. The second-order valence-electron chi connectivity index (χ2n) is 32.6. The molecule has 0 saturated heterocycles. The molecule has 1 fully saturated rings. The average Bonchev–Trinajstić information content (AvgIpc) is 1.62. The van der Waals surface area contributed by atoms with Crippen LogP contribution in [0.1, 0.15) is 110 Å². The van der Waals surface area contributed by atoms with E-state index in [-0.39, 0.29) is 5.41 Å². The van der Waals surface area contributed by atoms with E-state index in [1.807, 2.05) is 0 Å². The predicted octanol–water partition coefficient (Wildman–Crippen LogP) is 26.4. The summed E-state index contributed by atoms with van der Waals surface area (Å²) >= 11 is 0. The Morgan fingerprint density at radius 2 is 0.681 bits per heavy atom. The van der Waals surface area contributed by atoms with Crippen LogP contribution in [0.5, 0.6) is 0 Å². The van der Waals surface area contributed by atoms with E-state index in [1.54, 1.807) is 0 Å². The lowest BCUT2D eigenvalue weighted by Gasteiger charge is -2.21. The second-order valence-corrected chi connectivity index (χ2v) is 32.6. The largest absolute Gasteiger partial charge is 0.455 e. The fourth-order valence-electron chi connectivity index (χ4n) is 18.1. The molecule has 8 heteroatoms. The molecule has 1 aliphatic carbocycles. The molecule has 0 radical (unpaired) electrons. The summed E-state index contributed by atoms with van der Waals surface area (Å²) in [4.78, 5) is 0. The van der Waals surface area contributed by atoms with Crippen molar-refractivity contribution >= 4 is 131 Å². The number of pyridine rings is 4. The summed E-state index contributed by atoms with van der Waals surface area (Å²) in [6.07, 6.45) is 16.5. The minimum Gasteiger partial charge on any atom is -0.455 e. The maximum atomic E-state index is 6.55. The molecule has 0 spiro atoms. The maximum Gasteiger partial charge on any atom is 0.216 e. The van der Waals surface area contributed by atoms with Crippen LogP contribution in [0.2, 0.25) is 0 Å². The summed E-state index contributed by atoms with van der Waals surface area (Å²) in [7, 11) is 8.47. The summed E-state index contributed by atoms with van der Waals surface area (Å²) in [6, 6.07) is 86.9. The smallest absolute Gasteiger partial charge is 0.216 e. The highest BCUT2D eigenvalue weighted by atomic mass is 16.3. The van der Waals surface area contributed by atoms with E-state index in [0.717, 1.165) is 51.1 Å². The number of aromatic nitrogens is 4. The molecule has 0 aliphatic heterocycles. The van der Waals surface area contributed by atoms with Crippen molar-refractivity contribution in [3.05, 3.63) is 312 Å². The number of fused-ring (bicyclic) bond motifs is 20. The van der Waals surface area contributed by atoms with Gasteiger partial charge in [0.1, 0.15) is 72.9 Å². The number of furan rings is 4. The van der Waals surface area contributed by atoms with Gasteiger partial charge in [-0.3, -0.25) is 0 Å². The molecule has 8 aromatic heterocycles. The van der Waals surface area contributed by atoms with E-state index < -0.39 is 0 Å². The Morgan fingerprint density at radius 1 is 0.327 bits per heavy atom. The first-order valence-electron chi connectivity index (χ1n) is 40.2. The molecule has 8 heterocycles. The van der Waals surface area contributed by atoms with Gasteiger partial charge in [-0.1, -0.05) is 217 Å². The Labute approximate surface area is 660 Å². The van der Waals surface area contributed by atoms with E-state index in [0.29, 0.717) is 5.92 Å². The first-order valence-corrected chi connectivity index (χ1v) is 40.2. The zero-order chi connectivity index (χ0) is 77.7.